The van der Waals surface area contributed by atoms with Gasteiger partial charge in [0.05, 0.1) is 12.8 Å². The Hall–Kier alpha value is -2.64. The van der Waals surface area contributed by atoms with Crippen LogP contribution in [0.1, 0.15) is 5.69 Å². The van der Waals surface area contributed by atoms with Crippen LogP contribution in [0.4, 0.5) is 11.8 Å². The largest absolute Gasteiger partial charge is 0.466 e. The smallest absolute Gasteiger partial charge is 0.336 e. The minimum atomic E-state index is -0.802. The molecule has 1 heterocycles. The number of esters is 2. The lowest BCUT2D eigenvalue weighted by molar-refractivity contribution is -0.135. The molecule has 0 unspecified atom stereocenters. The van der Waals surface area contributed by atoms with Gasteiger partial charge in [0.2, 0.25) is 5.95 Å². The van der Waals surface area contributed by atoms with Gasteiger partial charge in [-0.25, -0.2) is 14.6 Å². The van der Waals surface area contributed by atoms with Gasteiger partial charge in [0.1, 0.15) is 0 Å². The summed E-state index contributed by atoms with van der Waals surface area (Å²) in [5.74, 6) is -1.55. The number of methoxy groups -OCH3 is 1. The van der Waals surface area contributed by atoms with E-state index in [1.165, 1.54) is 7.11 Å². The zero-order valence-electron chi connectivity index (χ0n) is 9.84. The van der Waals surface area contributed by atoms with Gasteiger partial charge in [-0.15, -0.1) is 0 Å². The monoisotopic (exact) mass is 252 g/mol. The molecule has 8 nitrogen and oxygen atoms in total. The predicted molar refractivity (Wildman–Crippen MR) is 62.4 cm³/mol. The first-order valence-electron chi connectivity index (χ1n) is 4.81. The molecule has 18 heavy (non-hydrogen) atoms. The minimum Gasteiger partial charge on any atom is -0.466 e. The fourth-order valence-corrected chi connectivity index (χ4v) is 1.07. The molecule has 1 aromatic heterocycles. The molecule has 4 N–H and O–H groups in total. The summed E-state index contributed by atoms with van der Waals surface area (Å²) in [6, 6.07) is 0. The van der Waals surface area contributed by atoms with Crippen molar-refractivity contribution in [3.63, 3.8) is 0 Å². The molecular formula is C10H12N4O4. The van der Waals surface area contributed by atoms with E-state index in [9.17, 15) is 9.59 Å². The maximum Gasteiger partial charge on any atom is 0.336 e. The number of carbonyl (C=O) groups excluding carboxylic acids is 2. The molecule has 96 valence electrons. The summed E-state index contributed by atoms with van der Waals surface area (Å²) in [5.41, 5.74) is 11.2. The van der Waals surface area contributed by atoms with Crippen molar-refractivity contribution < 1.29 is 19.1 Å². The number of hydrogen-bond donors (Lipinski definition) is 2. The second-order valence-corrected chi connectivity index (χ2v) is 3.16. The number of carbonyl (C=O) groups is 2. The molecule has 0 aliphatic heterocycles. The van der Waals surface area contributed by atoms with Gasteiger partial charge in [-0.2, -0.15) is 4.98 Å². The molecule has 0 bridgehead atoms. The van der Waals surface area contributed by atoms with Crippen LogP contribution in [0.25, 0.3) is 0 Å². The van der Waals surface area contributed by atoms with Gasteiger partial charge in [0.25, 0.3) is 0 Å². The zero-order valence-corrected chi connectivity index (χ0v) is 9.84. The highest BCUT2D eigenvalue weighted by atomic mass is 16.5. The Morgan fingerprint density at radius 2 is 1.78 bits per heavy atom. The van der Waals surface area contributed by atoms with Crippen molar-refractivity contribution in [2.24, 2.45) is 0 Å². The van der Waals surface area contributed by atoms with Crippen LogP contribution >= 0.6 is 0 Å². The van der Waals surface area contributed by atoms with Crippen LogP contribution in [0, 0.1) is 6.92 Å². The predicted octanol–water partition coefficient (Wildman–Crippen LogP) is -0.416. The van der Waals surface area contributed by atoms with Gasteiger partial charge in [-0.05, 0) is 6.92 Å². The quantitative estimate of drug-likeness (QED) is 0.548. The van der Waals surface area contributed by atoms with E-state index < -0.39 is 11.9 Å². The third-order valence-corrected chi connectivity index (χ3v) is 1.84. The number of ether oxygens (including phenoxy) is 2. The van der Waals surface area contributed by atoms with E-state index in [0.29, 0.717) is 5.69 Å². The Morgan fingerprint density at radius 1 is 1.17 bits per heavy atom. The van der Waals surface area contributed by atoms with Crippen molar-refractivity contribution in [3.8, 4) is 5.75 Å². The van der Waals surface area contributed by atoms with Crippen molar-refractivity contribution in [1.82, 2.24) is 9.97 Å². The number of hydrogen-bond acceptors (Lipinski definition) is 8. The van der Waals surface area contributed by atoms with Gasteiger partial charge < -0.3 is 20.9 Å². The number of nitrogens with zero attached hydrogens (tertiary/aromatic N) is 2. The lowest BCUT2D eigenvalue weighted by Gasteiger charge is -2.07. The van der Waals surface area contributed by atoms with E-state index in [1.54, 1.807) is 6.92 Å². The third kappa shape index (κ3) is 3.44. The summed E-state index contributed by atoms with van der Waals surface area (Å²) >= 11 is 0. The summed E-state index contributed by atoms with van der Waals surface area (Å²) < 4.78 is 9.20. The molecule has 0 amide bonds. The number of aryl methyl sites for hydroxylation is 1. The molecule has 0 atom stereocenters. The number of nitrogens with two attached hydrogens (primary N) is 2. The van der Waals surface area contributed by atoms with Crippen LogP contribution in [0.2, 0.25) is 0 Å². The molecule has 0 fully saturated rings. The van der Waals surface area contributed by atoms with E-state index >= 15 is 0 Å². The molecule has 0 spiro atoms. The molecule has 0 aromatic carbocycles. The Labute approximate surface area is 103 Å². The third-order valence-electron chi connectivity index (χ3n) is 1.84. The Balaban J connectivity index is 2.83. The second kappa shape index (κ2) is 5.62. The van der Waals surface area contributed by atoms with Crippen molar-refractivity contribution in [2.45, 2.75) is 6.92 Å². The summed E-state index contributed by atoms with van der Waals surface area (Å²) in [6.45, 7) is 1.56. The van der Waals surface area contributed by atoms with Crippen LogP contribution in [0.15, 0.2) is 12.2 Å². The number of rotatable bonds is 3. The Morgan fingerprint density at radius 3 is 2.33 bits per heavy atom. The standard InChI is InChI=1S/C10H12N4O4/c1-5-8(9(11)14-10(12)13-5)18-7(16)4-3-6(15)17-2/h3-4H,1-2H3,(H4,11,12,13,14). The number of anilines is 2. The number of aromatic nitrogens is 2. The topological polar surface area (TPSA) is 130 Å². The van der Waals surface area contributed by atoms with Crippen LogP contribution < -0.4 is 16.2 Å². The molecule has 0 radical (unpaired) electrons. The van der Waals surface area contributed by atoms with E-state index in [-0.39, 0.29) is 17.5 Å². The van der Waals surface area contributed by atoms with Crippen molar-refractivity contribution in [2.75, 3.05) is 18.6 Å². The van der Waals surface area contributed by atoms with Gasteiger partial charge in [0.15, 0.2) is 11.6 Å². The minimum absolute atomic E-state index is 0.00344. The second-order valence-electron chi connectivity index (χ2n) is 3.16. The normalized spacial score (nSPS) is 10.3. The van der Waals surface area contributed by atoms with E-state index in [0.717, 1.165) is 12.2 Å². The molecule has 0 saturated heterocycles. The molecule has 0 aliphatic rings. The highest BCUT2D eigenvalue weighted by Crippen LogP contribution is 2.23. The summed E-state index contributed by atoms with van der Waals surface area (Å²) in [5, 5.41) is 0. The Bertz CT molecular complexity index is 490. The average Bonchev–Trinajstić information content (AvgIpc) is 2.30. The summed E-state index contributed by atoms with van der Waals surface area (Å²) in [4.78, 5) is 29.6. The van der Waals surface area contributed by atoms with E-state index in [1.807, 2.05) is 0 Å². The first kappa shape index (κ1) is 13.4. The van der Waals surface area contributed by atoms with Gasteiger partial charge in [-0.1, -0.05) is 0 Å². The average molecular weight is 252 g/mol. The lowest BCUT2D eigenvalue weighted by atomic mass is 10.4. The van der Waals surface area contributed by atoms with Crippen molar-refractivity contribution in [1.29, 1.82) is 0 Å². The molecule has 1 rings (SSSR count). The molecule has 0 aliphatic carbocycles. The highest BCUT2D eigenvalue weighted by molar-refractivity contribution is 5.92. The molecular weight excluding hydrogens is 240 g/mol. The lowest BCUT2D eigenvalue weighted by Crippen LogP contribution is -2.11. The fraction of sp³-hybridized carbons (Fsp3) is 0.200. The van der Waals surface area contributed by atoms with Gasteiger partial charge in [0, 0.05) is 12.2 Å². The zero-order chi connectivity index (χ0) is 13.7. The summed E-state index contributed by atoms with van der Waals surface area (Å²) in [6.07, 6.45) is 1.83. The van der Waals surface area contributed by atoms with Crippen LogP contribution in [-0.4, -0.2) is 29.0 Å². The summed E-state index contributed by atoms with van der Waals surface area (Å²) in [7, 11) is 1.19. The van der Waals surface area contributed by atoms with Crippen LogP contribution in [0.3, 0.4) is 0 Å². The van der Waals surface area contributed by atoms with Crippen molar-refractivity contribution in [3.05, 3.63) is 17.8 Å². The molecule has 1 aromatic rings. The first-order chi connectivity index (χ1) is 8.43. The fourth-order valence-electron chi connectivity index (χ4n) is 1.07. The maximum absolute atomic E-state index is 11.4. The number of nitrogen functional groups attached to an aromatic ring is 2. The Kier molecular flexibility index (Phi) is 4.19. The SMILES string of the molecule is COC(=O)C=CC(=O)Oc1c(C)nc(N)nc1N. The molecule has 0 saturated carbocycles. The van der Waals surface area contributed by atoms with Gasteiger partial charge in [-0.3, -0.25) is 0 Å². The van der Waals surface area contributed by atoms with E-state index in [2.05, 4.69) is 14.7 Å². The van der Waals surface area contributed by atoms with Crippen LogP contribution in [-0.2, 0) is 14.3 Å². The maximum atomic E-state index is 11.4. The highest BCUT2D eigenvalue weighted by Gasteiger charge is 2.12. The van der Waals surface area contributed by atoms with Gasteiger partial charge >= 0.3 is 11.9 Å². The van der Waals surface area contributed by atoms with E-state index in [4.69, 9.17) is 16.2 Å². The molecule has 8 heteroatoms. The first-order valence-corrected chi connectivity index (χ1v) is 4.81. The van der Waals surface area contributed by atoms with Crippen LogP contribution in [0.5, 0.6) is 5.75 Å². The van der Waals surface area contributed by atoms with Crippen molar-refractivity contribution >= 4 is 23.7 Å².